The first-order valence-corrected chi connectivity index (χ1v) is 9.71. The zero-order chi connectivity index (χ0) is 21.8. The first-order chi connectivity index (χ1) is 15.1. The molecule has 1 amide bonds. The molecule has 31 heavy (non-hydrogen) atoms. The Bertz CT molecular complexity index is 1260. The van der Waals surface area contributed by atoms with Gasteiger partial charge in [0.1, 0.15) is 0 Å². The van der Waals surface area contributed by atoms with Gasteiger partial charge >= 0.3 is 0 Å². The minimum atomic E-state index is -0.260. The van der Waals surface area contributed by atoms with Crippen LogP contribution in [0.2, 0.25) is 0 Å². The highest BCUT2D eigenvalue weighted by Gasteiger charge is 2.11. The van der Waals surface area contributed by atoms with E-state index in [4.69, 9.17) is 9.47 Å². The van der Waals surface area contributed by atoms with Crippen molar-refractivity contribution in [2.24, 2.45) is 0 Å². The van der Waals surface area contributed by atoms with E-state index in [9.17, 15) is 4.79 Å². The quantitative estimate of drug-likeness (QED) is 0.473. The molecule has 7 heteroatoms. The number of methoxy groups -OCH3 is 2. The van der Waals surface area contributed by atoms with Crippen molar-refractivity contribution < 1.29 is 14.3 Å². The van der Waals surface area contributed by atoms with Crippen LogP contribution >= 0.6 is 0 Å². The molecule has 0 aliphatic heterocycles. The van der Waals surface area contributed by atoms with E-state index in [1.165, 1.54) is 6.08 Å². The van der Waals surface area contributed by atoms with Crippen LogP contribution in [0.4, 0.5) is 5.69 Å². The molecule has 0 unspecified atom stereocenters. The standard InChI is InChI=1S/C24H22N4O3/c1-16-20-14-18(15-25-24(20)28(27-16)19-7-5-4-6-8-19)26-23(29)12-10-17-9-11-21(30-2)22(13-17)31-3/h4-15H,1-3H3,(H,26,29)/b12-10+. The van der Waals surface area contributed by atoms with E-state index >= 15 is 0 Å². The second-order valence-electron chi connectivity index (χ2n) is 6.86. The van der Waals surface area contributed by atoms with Crippen molar-refractivity contribution in [3.8, 4) is 17.2 Å². The molecule has 0 saturated carbocycles. The van der Waals surface area contributed by atoms with Gasteiger partial charge in [-0.2, -0.15) is 5.10 Å². The maximum absolute atomic E-state index is 12.4. The lowest BCUT2D eigenvalue weighted by molar-refractivity contribution is -0.111. The van der Waals surface area contributed by atoms with Crippen LogP contribution in [0.25, 0.3) is 22.8 Å². The van der Waals surface area contributed by atoms with Crippen molar-refractivity contribution in [1.82, 2.24) is 14.8 Å². The van der Waals surface area contributed by atoms with Gasteiger partial charge in [0.25, 0.3) is 0 Å². The molecule has 0 aliphatic carbocycles. The zero-order valence-corrected chi connectivity index (χ0v) is 17.5. The number of nitrogens with one attached hydrogen (secondary N) is 1. The predicted octanol–water partition coefficient (Wildman–Crippen LogP) is 4.40. The number of anilines is 1. The summed E-state index contributed by atoms with van der Waals surface area (Å²) in [5.74, 6) is 0.976. The average Bonchev–Trinajstić information content (AvgIpc) is 3.14. The van der Waals surface area contributed by atoms with E-state index in [1.807, 2.05) is 49.4 Å². The number of para-hydroxylation sites is 1. The van der Waals surface area contributed by atoms with Crippen LogP contribution in [0.1, 0.15) is 11.3 Å². The number of aromatic nitrogens is 3. The second kappa shape index (κ2) is 8.71. The number of carbonyl (C=O) groups excluding carboxylic acids is 1. The van der Waals surface area contributed by atoms with Gasteiger partial charge < -0.3 is 14.8 Å². The summed E-state index contributed by atoms with van der Waals surface area (Å²) < 4.78 is 12.3. The number of hydrogen-bond donors (Lipinski definition) is 1. The third kappa shape index (κ3) is 4.25. The topological polar surface area (TPSA) is 78.3 Å². The van der Waals surface area contributed by atoms with Gasteiger partial charge in [0, 0.05) is 11.5 Å². The number of pyridine rings is 1. The fourth-order valence-corrected chi connectivity index (χ4v) is 3.27. The summed E-state index contributed by atoms with van der Waals surface area (Å²) in [6.07, 6.45) is 4.80. The Morgan fingerprint density at radius 2 is 1.81 bits per heavy atom. The molecule has 2 aromatic carbocycles. The Balaban J connectivity index is 1.53. The van der Waals surface area contributed by atoms with Gasteiger partial charge in [-0.15, -0.1) is 0 Å². The van der Waals surface area contributed by atoms with Crippen LogP contribution in [0.15, 0.2) is 66.9 Å². The molecule has 2 heterocycles. The molecular weight excluding hydrogens is 392 g/mol. The van der Waals surface area contributed by atoms with E-state index in [-0.39, 0.29) is 5.91 Å². The molecule has 156 valence electrons. The molecule has 2 aromatic heterocycles. The number of nitrogens with zero attached hydrogens (tertiary/aromatic N) is 3. The minimum absolute atomic E-state index is 0.260. The first kappa shape index (κ1) is 20.2. The fraction of sp³-hybridized carbons (Fsp3) is 0.125. The molecule has 0 aliphatic rings. The van der Waals surface area contributed by atoms with Gasteiger partial charge in [-0.1, -0.05) is 24.3 Å². The lowest BCUT2D eigenvalue weighted by Crippen LogP contribution is -2.08. The highest BCUT2D eigenvalue weighted by atomic mass is 16.5. The largest absolute Gasteiger partial charge is 0.493 e. The van der Waals surface area contributed by atoms with Gasteiger partial charge in [0.05, 0.1) is 37.5 Å². The Kier molecular flexibility index (Phi) is 5.66. The Hall–Kier alpha value is -4.13. The van der Waals surface area contributed by atoms with Gasteiger partial charge in [-0.05, 0) is 48.9 Å². The lowest BCUT2D eigenvalue weighted by Gasteiger charge is -2.07. The summed E-state index contributed by atoms with van der Waals surface area (Å²) in [6.45, 7) is 1.92. The molecule has 0 bridgehead atoms. The smallest absolute Gasteiger partial charge is 0.248 e. The number of aryl methyl sites for hydroxylation is 1. The summed E-state index contributed by atoms with van der Waals surface area (Å²) in [6, 6.07) is 17.1. The van der Waals surface area contributed by atoms with Crippen LogP contribution in [0.5, 0.6) is 11.5 Å². The number of fused-ring (bicyclic) bond motifs is 1. The molecule has 1 N–H and O–H groups in total. The molecule has 0 saturated heterocycles. The molecule has 0 radical (unpaired) electrons. The Morgan fingerprint density at radius 1 is 1.03 bits per heavy atom. The van der Waals surface area contributed by atoms with E-state index in [2.05, 4.69) is 15.4 Å². The van der Waals surface area contributed by atoms with Gasteiger partial charge in [-0.3, -0.25) is 4.79 Å². The summed E-state index contributed by atoms with van der Waals surface area (Å²) >= 11 is 0. The molecule has 0 spiro atoms. The lowest BCUT2D eigenvalue weighted by atomic mass is 10.2. The highest BCUT2D eigenvalue weighted by Crippen LogP contribution is 2.28. The number of carbonyl (C=O) groups is 1. The Labute approximate surface area is 179 Å². The maximum Gasteiger partial charge on any atom is 0.248 e. The average molecular weight is 414 g/mol. The first-order valence-electron chi connectivity index (χ1n) is 9.71. The van der Waals surface area contributed by atoms with Gasteiger partial charge in [0.15, 0.2) is 17.1 Å². The van der Waals surface area contributed by atoms with Crippen molar-refractivity contribution in [3.63, 3.8) is 0 Å². The van der Waals surface area contributed by atoms with Crippen LogP contribution in [0.3, 0.4) is 0 Å². The van der Waals surface area contributed by atoms with Crippen molar-refractivity contribution in [2.45, 2.75) is 6.92 Å². The summed E-state index contributed by atoms with van der Waals surface area (Å²) in [7, 11) is 3.15. The number of benzene rings is 2. The van der Waals surface area contributed by atoms with Crippen molar-refractivity contribution in [2.75, 3.05) is 19.5 Å². The predicted molar refractivity (Wildman–Crippen MR) is 121 cm³/mol. The van der Waals surface area contributed by atoms with E-state index in [0.717, 1.165) is 28.0 Å². The number of rotatable bonds is 6. The molecule has 0 atom stereocenters. The normalized spacial score (nSPS) is 11.1. The second-order valence-corrected chi connectivity index (χ2v) is 6.86. The minimum Gasteiger partial charge on any atom is -0.493 e. The molecule has 4 aromatic rings. The zero-order valence-electron chi connectivity index (χ0n) is 17.5. The van der Waals surface area contributed by atoms with Crippen molar-refractivity contribution in [1.29, 1.82) is 0 Å². The highest BCUT2D eigenvalue weighted by molar-refractivity contribution is 6.02. The van der Waals surface area contributed by atoms with Gasteiger partial charge in [0.2, 0.25) is 5.91 Å². The molecule has 0 fully saturated rings. The van der Waals surface area contributed by atoms with Crippen molar-refractivity contribution in [3.05, 3.63) is 78.1 Å². The SMILES string of the molecule is COc1ccc(/C=C/C(=O)Nc2cnc3c(c2)c(C)nn3-c2ccccc2)cc1OC. The summed E-state index contributed by atoms with van der Waals surface area (Å²) in [5, 5.41) is 8.32. The van der Waals surface area contributed by atoms with Crippen LogP contribution in [0, 0.1) is 6.92 Å². The number of hydrogen-bond acceptors (Lipinski definition) is 5. The summed E-state index contributed by atoms with van der Waals surface area (Å²) in [4.78, 5) is 16.9. The summed E-state index contributed by atoms with van der Waals surface area (Å²) in [5.41, 5.74) is 3.93. The third-order valence-electron chi connectivity index (χ3n) is 4.81. The Morgan fingerprint density at radius 3 is 2.55 bits per heavy atom. The van der Waals surface area contributed by atoms with Crippen LogP contribution in [-0.2, 0) is 4.79 Å². The number of amides is 1. The van der Waals surface area contributed by atoms with E-state index in [0.29, 0.717) is 17.2 Å². The van der Waals surface area contributed by atoms with Crippen LogP contribution < -0.4 is 14.8 Å². The monoisotopic (exact) mass is 414 g/mol. The maximum atomic E-state index is 12.4. The fourth-order valence-electron chi connectivity index (χ4n) is 3.27. The molecule has 4 rings (SSSR count). The molecular formula is C24H22N4O3. The van der Waals surface area contributed by atoms with E-state index < -0.39 is 0 Å². The third-order valence-corrected chi connectivity index (χ3v) is 4.81. The number of ether oxygens (including phenoxy) is 2. The van der Waals surface area contributed by atoms with Gasteiger partial charge in [-0.25, -0.2) is 9.67 Å². The molecule has 7 nitrogen and oxygen atoms in total. The van der Waals surface area contributed by atoms with Crippen LogP contribution in [-0.4, -0.2) is 34.9 Å². The van der Waals surface area contributed by atoms with E-state index in [1.54, 1.807) is 43.3 Å². The van der Waals surface area contributed by atoms with Crippen molar-refractivity contribution >= 4 is 28.7 Å².